The first-order valence-corrected chi connectivity index (χ1v) is 7.08. The average Bonchev–Trinajstić information content (AvgIpc) is 2.21. The van der Waals surface area contributed by atoms with Gasteiger partial charge in [-0.3, -0.25) is 0 Å². The van der Waals surface area contributed by atoms with Gasteiger partial charge >= 0.3 is 0 Å². The molecule has 0 spiro atoms. The second kappa shape index (κ2) is 5.36. The van der Waals surface area contributed by atoms with Gasteiger partial charge in [-0.15, -0.1) is 0 Å². The van der Waals surface area contributed by atoms with E-state index < -0.39 is 10.0 Å². The molecule has 16 heavy (non-hydrogen) atoms. The van der Waals surface area contributed by atoms with E-state index in [0.717, 1.165) is 6.42 Å². The molecule has 0 amide bonds. The molecule has 0 aliphatic carbocycles. The van der Waals surface area contributed by atoms with E-state index in [2.05, 4.69) is 4.72 Å². The number of benzene rings is 1. The zero-order valence-electron chi connectivity index (χ0n) is 9.00. The van der Waals surface area contributed by atoms with Gasteiger partial charge in [0.15, 0.2) is 0 Å². The fraction of sp³-hybridized carbons (Fsp3) is 0.400. The molecule has 1 rings (SSSR count). The molecule has 0 heterocycles. The molecule has 1 aromatic rings. The van der Waals surface area contributed by atoms with Crippen LogP contribution >= 0.6 is 23.2 Å². The summed E-state index contributed by atoms with van der Waals surface area (Å²) in [5.74, 6) is 0. The van der Waals surface area contributed by atoms with Crippen LogP contribution in [0.4, 0.5) is 0 Å². The lowest BCUT2D eigenvalue weighted by Gasteiger charge is -2.12. The van der Waals surface area contributed by atoms with E-state index >= 15 is 0 Å². The maximum atomic E-state index is 11.9. The largest absolute Gasteiger partial charge is 0.240 e. The minimum absolute atomic E-state index is 0.112. The molecule has 0 aromatic heterocycles. The monoisotopic (exact) mass is 281 g/mol. The zero-order valence-corrected chi connectivity index (χ0v) is 11.3. The fourth-order valence-electron chi connectivity index (χ4n) is 1.06. The van der Waals surface area contributed by atoms with Crippen molar-refractivity contribution < 1.29 is 8.42 Å². The number of nitrogens with one attached hydrogen (secondary N) is 1. The maximum absolute atomic E-state index is 11.9. The Morgan fingerprint density at radius 1 is 1.31 bits per heavy atom. The summed E-state index contributed by atoms with van der Waals surface area (Å²) in [6, 6.07) is 4.13. The van der Waals surface area contributed by atoms with E-state index in [1.165, 1.54) is 18.2 Å². The standard InChI is InChI=1S/C10H13Cl2NO2S/c1-3-7(2)13-16(14,15)8-4-5-9(11)10(12)6-8/h4-7,13H,3H2,1-2H3/t7-/m0/s1. The topological polar surface area (TPSA) is 46.2 Å². The highest BCUT2D eigenvalue weighted by atomic mass is 35.5. The van der Waals surface area contributed by atoms with Crippen molar-refractivity contribution >= 4 is 33.2 Å². The summed E-state index contributed by atoms with van der Waals surface area (Å²) in [6.45, 7) is 3.71. The molecule has 0 unspecified atom stereocenters. The molecule has 0 saturated carbocycles. The van der Waals surface area contributed by atoms with E-state index in [0.29, 0.717) is 5.02 Å². The molecule has 3 nitrogen and oxygen atoms in total. The van der Waals surface area contributed by atoms with Crippen molar-refractivity contribution in [1.82, 2.24) is 4.72 Å². The lowest BCUT2D eigenvalue weighted by atomic mass is 10.3. The average molecular weight is 282 g/mol. The van der Waals surface area contributed by atoms with Gasteiger partial charge in [0, 0.05) is 6.04 Å². The van der Waals surface area contributed by atoms with Gasteiger partial charge in [-0.05, 0) is 31.5 Å². The van der Waals surface area contributed by atoms with Crippen molar-refractivity contribution in [3.05, 3.63) is 28.2 Å². The summed E-state index contributed by atoms with van der Waals surface area (Å²) >= 11 is 11.5. The van der Waals surface area contributed by atoms with Crippen LogP contribution in [0, 0.1) is 0 Å². The Hall–Kier alpha value is -0.290. The third-order valence-electron chi connectivity index (χ3n) is 2.17. The SMILES string of the molecule is CC[C@H](C)NS(=O)(=O)c1ccc(Cl)c(Cl)c1. The van der Waals surface area contributed by atoms with Crippen LogP contribution in [0.15, 0.2) is 23.1 Å². The summed E-state index contributed by atoms with van der Waals surface area (Å²) in [4.78, 5) is 0.127. The van der Waals surface area contributed by atoms with Crippen LogP contribution in [-0.2, 0) is 10.0 Å². The fourth-order valence-corrected chi connectivity index (χ4v) is 2.78. The highest BCUT2D eigenvalue weighted by molar-refractivity contribution is 7.89. The molecule has 0 fully saturated rings. The van der Waals surface area contributed by atoms with Gasteiger partial charge in [0.2, 0.25) is 10.0 Å². The number of halogens is 2. The van der Waals surface area contributed by atoms with Gasteiger partial charge < -0.3 is 0 Å². The molecule has 1 aromatic carbocycles. The highest BCUT2D eigenvalue weighted by Crippen LogP contribution is 2.24. The number of hydrogen-bond acceptors (Lipinski definition) is 2. The van der Waals surface area contributed by atoms with E-state index in [-0.39, 0.29) is 16.0 Å². The van der Waals surface area contributed by atoms with Gasteiger partial charge in [0.25, 0.3) is 0 Å². The van der Waals surface area contributed by atoms with Gasteiger partial charge in [-0.25, -0.2) is 13.1 Å². The van der Waals surface area contributed by atoms with Gasteiger partial charge in [-0.1, -0.05) is 30.1 Å². The van der Waals surface area contributed by atoms with Crippen molar-refractivity contribution in [3.63, 3.8) is 0 Å². The van der Waals surface area contributed by atoms with Crippen molar-refractivity contribution in [2.75, 3.05) is 0 Å². The van der Waals surface area contributed by atoms with Gasteiger partial charge in [-0.2, -0.15) is 0 Å². The Bertz CT molecular complexity index is 474. The van der Waals surface area contributed by atoms with Crippen LogP contribution < -0.4 is 4.72 Å². The zero-order chi connectivity index (χ0) is 12.3. The summed E-state index contributed by atoms with van der Waals surface area (Å²) in [5, 5.41) is 0.567. The minimum atomic E-state index is -3.50. The van der Waals surface area contributed by atoms with Crippen LogP contribution in [0.5, 0.6) is 0 Å². The third kappa shape index (κ3) is 3.35. The predicted molar refractivity (Wildman–Crippen MR) is 66.5 cm³/mol. The number of sulfonamides is 1. The second-order valence-electron chi connectivity index (χ2n) is 3.51. The van der Waals surface area contributed by atoms with Crippen molar-refractivity contribution in [2.24, 2.45) is 0 Å². The summed E-state index contributed by atoms with van der Waals surface area (Å²) in [6.07, 6.45) is 0.723. The molecule has 0 aliphatic heterocycles. The minimum Gasteiger partial charge on any atom is -0.208 e. The quantitative estimate of drug-likeness (QED) is 0.922. The lowest BCUT2D eigenvalue weighted by Crippen LogP contribution is -2.31. The molecule has 0 saturated heterocycles. The third-order valence-corrected chi connectivity index (χ3v) is 4.50. The van der Waals surface area contributed by atoms with Crippen LogP contribution in [0.3, 0.4) is 0 Å². The van der Waals surface area contributed by atoms with Crippen molar-refractivity contribution in [1.29, 1.82) is 0 Å². The predicted octanol–water partition coefficient (Wildman–Crippen LogP) is 3.07. The van der Waals surface area contributed by atoms with Crippen molar-refractivity contribution in [3.8, 4) is 0 Å². The first-order valence-electron chi connectivity index (χ1n) is 4.84. The Kier molecular flexibility index (Phi) is 4.62. The van der Waals surface area contributed by atoms with E-state index in [1.54, 1.807) is 6.92 Å². The van der Waals surface area contributed by atoms with Crippen LogP contribution in [-0.4, -0.2) is 14.5 Å². The number of rotatable bonds is 4. The second-order valence-corrected chi connectivity index (χ2v) is 6.03. The molecule has 0 radical (unpaired) electrons. The van der Waals surface area contributed by atoms with Crippen molar-refractivity contribution in [2.45, 2.75) is 31.2 Å². The normalized spacial score (nSPS) is 13.8. The molecule has 0 bridgehead atoms. The summed E-state index contributed by atoms with van der Waals surface area (Å²) in [7, 11) is -3.50. The molecular formula is C10H13Cl2NO2S. The van der Waals surface area contributed by atoms with Gasteiger partial charge in [0.05, 0.1) is 14.9 Å². The first kappa shape index (κ1) is 13.8. The summed E-state index contributed by atoms with van der Waals surface area (Å²) < 4.78 is 26.2. The van der Waals surface area contributed by atoms with E-state index in [1.807, 2.05) is 6.92 Å². The molecule has 1 atom stereocenters. The molecule has 1 N–H and O–H groups in total. The Balaban J connectivity index is 3.03. The molecule has 0 aliphatic rings. The summed E-state index contributed by atoms with van der Waals surface area (Å²) in [5.41, 5.74) is 0. The Labute approximate surface area is 106 Å². The molecule has 90 valence electrons. The number of hydrogen-bond donors (Lipinski definition) is 1. The van der Waals surface area contributed by atoms with Crippen LogP contribution in [0.1, 0.15) is 20.3 Å². The van der Waals surface area contributed by atoms with Gasteiger partial charge in [0.1, 0.15) is 0 Å². The lowest BCUT2D eigenvalue weighted by molar-refractivity contribution is 0.556. The molecule has 6 heteroatoms. The smallest absolute Gasteiger partial charge is 0.208 e. The van der Waals surface area contributed by atoms with Crippen LogP contribution in [0.25, 0.3) is 0 Å². The first-order chi connectivity index (χ1) is 7.36. The van der Waals surface area contributed by atoms with E-state index in [4.69, 9.17) is 23.2 Å². The van der Waals surface area contributed by atoms with E-state index in [9.17, 15) is 8.42 Å². The molecular weight excluding hydrogens is 269 g/mol. The van der Waals surface area contributed by atoms with Crippen LogP contribution in [0.2, 0.25) is 10.0 Å². The Morgan fingerprint density at radius 3 is 2.44 bits per heavy atom. The Morgan fingerprint density at radius 2 is 1.94 bits per heavy atom. The maximum Gasteiger partial charge on any atom is 0.240 e. The highest BCUT2D eigenvalue weighted by Gasteiger charge is 2.17.